The first-order valence-electron chi connectivity index (χ1n) is 22.4. The topological polar surface area (TPSA) is 139 Å². The van der Waals surface area contributed by atoms with Crippen LogP contribution >= 0.6 is 11.6 Å². The molecule has 4 unspecified atom stereocenters. The number of likely N-dealkylation sites (tertiary alicyclic amines) is 1. The van der Waals surface area contributed by atoms with Crippen molar-refractivity contribution in [3.8, 4) is 23.3 Å². The SMILES string of the molecule is CN1C=C(c2cc(C(C)(C)O)ccc2Oc2ccc(CC3CCN(C4CCC(C(=O)NC5C(C)(C)C(Oc6ccc(C#N)c(Cl)c6)C5(C)C)NC4)CC3)cc2)C2CCNC2C1=O. The molecule has 1 saturated carbocycles. The summed E-state index contributed by atoms with van der Waals surface area (Å²) >= 11 is 6.28. The third-order valence-electron chi connectivity index (χ3n) is 14.6. The summed E-state index contributed by atoms with van der Waals surface area (Å²) in [5.41, 5.74) is 2.82. The Kier molecular flexibility index (Phi) is 12.3. The van der Waals surface area contributed by atoms with Gasteiger partial charge in [-0.1, -0.05) is 57.5 Å². The second kappa shape index (κ2) is 17.3. The lowest BCUT2D eigenvalue weighted by Crippen LogP contribution is -2.75. The van der Waals surface area contributed by atoms with Crippen molar-refractivity contribution in [2.45, 2.75) is 116 Å². The second-order valence-corrected chi connectivity index (χ2v) is 20.5. The van der Waals surface area contributed by atoms with Gasteiger partial charge in [-0.25, -0.2) is 0 Å². The molecule has 4 atom stereocenters. The highest BCUT2D eigenvalue weighted by molar-refractivity contribution is 6.31. The molecule has 330 valence electrons. The smallest absolute Gasteiger partial charge is 0.244 e. The number of likely N-dealkylation sites (N-methyl/N-ethyl adjacent to an activating group) is 1. The minimum atomic E-state index is -1.02. The number of hydrogen-bond donors (Lipinski definition) is 4. The van der Waals surface area contributed by atoms with Gasteiger partial charge in [0.1, 0.15) is 29.4 Å². The zero-order valence-corrected chi connectivity index (χ0v) is 38.0. The van der Waals surface area contributed by atoms with Gasteiger partial charge in [-0.05, 0) is 131 Å². The zero-order chi connectivity index (χ0) is 44.1. The molecule has 8 rings (SSSR count). The van der Waals surface area contributed by atoms with Crippen molar-refractivity contribution in [1.82, 2.24) is 25.8 Å². The lowest BCUT2D eigenvalue weighted by Gasteiger charge is -2.63. The summed E-state index contributed by atoms with van der Waals surface area (Å²) in [6.45, 7) is 15.8. The van der Waals surface area contributed by atoms with Gasteiger partial charge in [-0.3, -0.25) is 14.5 Å². The van der Waals surface area contributed by atoms with Gasteiger partial charge in [0.25, 0.3) is 0 Å². The van der Waals surface area contributed by atoms with E-state index in [0.717, 1.165) is 87.2 Å². The summed E-state index contributed by atoms with van der Waals surface area (Å²) in [5.74, 6) is 2.87. The fourth-order valence-corrected chi connectivity index (χ4v) is 11.5. The maximum atomic E-state index is 13.6. The summed E-state index contributed by atoms with van der Waals surface area (Å²) in [6, 6.07) is 21.5. The molecule has 4 aliphatic heterocycles. The number of amides is 2. The van der Waals surface area contributed by atoms with Crippen molar-refractivity contribution < 1.29 is 24.2 Å². The molecule has 2 amide bonds. The van der Waals surface area contributed by atoms with Crippen molar-refractivity contribution in [3.63, 3.8) is 0 Å². The predicted molar refractivity (Wildman–Crippen MR) is 242 cm³/mol. The highest BCUT2D eigenvalue weighted by Crippen LogP contribution is 2.55. The quantitative estimate of drug-likeness (QED) is 0.156. The van der Waals surface area contributed by atoms with Crippen LogP contribution in [0.2, 0.25) is 5.02 Å². The third-order valence-corrected chi connectivity index (χ3v) is 14.9. The zero-order valence-electron chi connectivity index (χ0n) is 37.3. The molecule has 12 heteroatoms. The summed E-state index contributed by atoms with van der Waals surface area (Å²) in [7, 11) is 1.80. The molecule has 5 aliphatic rings. The number of benzene rings is 3. The van der Waals surface area contributed by atoms with E-state index in [9.17, 15) is 20.0 Å². The van der Waals surface area contributed by atoms with Gasteiger partial charge in [-0.2, -0.15) is 5.26 Å². The van der Waals surface area contributed by atoms with E-state index >= 15 is 0 Å². The van der Waals surface area contributed by atoms with Crippen molar-refractivity contribution >= 4 is 29.0 Å². The van der Waals surface area contributed by atoms with Gasteiger partial charge in [0, 0.05) is 60.3 Å². The number of hydrogen-bond acceptors (Lipinski definition) is 9. The van der Waals surface area contributed by atoms with Crippen LogP contribution in [0.3, 0.4) is 0 Å². The van der Waals surface area contributed by atoms with Gasteiger partial charge in [0.05, 0.1) is 28.3 Å². The normalized spacial score (nSPS) is 27.4. The number of rotatable bonds is 11. The van der Waals surface area contributed by atoms with Crippen LogP contribution in [0.1, 0.15) is 95.9 Å². The first-order valence-corrected chi connectivity index (χ1v) is 22.8. The predicted octanol–water partition coefficient (Wildman–Crippen LogP) is 7.40. The van der Waals surface area contributed by atoms with Gasteiger partial charge in [0.15, 0.2) is 0 Å². The number of aliphatic hydroxyl groups is 1. The number of nitrogens with zero attached hydrogens (tertiary/aromatic N) is 3. The molecule has 4 heterocycles. The van der Waals surface area contributed by atoms with Crippen LogP contribution in [0, 0.1) is 34.0 Å². The first kappa shape index (κ1) is 44.2. The molecule has 4 N–H and O–H groups in total. The monoisotopic (exact) mass is 862 g/mol. The minimum Gasteiger partial charge on any atom is -0.489 e. The number of piperidine rings is 2. The standard InChI is InChI=1S/C50H63ClN6O5/c1-48(2)46(49(3,4)47(48)62-36-15-10-32(27-52)40(51)26-36)55-44(58)41-16-12-34(28-54-41)57-22-19-31(20-23-57)24-30-8-13-35(14-9-30)61-42-17-11-33(50(5,6)60)25-38(42)39-29-56(7)45(59)43-37(39)18-21-53-43/h8-11,13-15,17,25-26,29,31,34,37,41,43,46-47,53-54,60H,12,16,18-24,28H2,1-7H3,(H,55,58). The van der Waals surface area contributed by atoms with Crippen LogP contribution in [0.25, 0.3) is 5.57 Å². The Bertz CT molecular complexity index is 2210. The van der Waals surface area contributed by atoms with Crippen molar-refractivity contribution in [3.05, 3.63) is 94.1 Å². The minimum absolute atomic E-state index is 0.0441. The summed E-state index contributed by atoms with van der Waals surface area (Å²) in [5, 5.41) is 30.9. The Balaban J connectivity index is 0.810. The van der Waals surface area contributed by atoms with Crippen LogP contribution in [-0.4, -0.2) is 90.2 Å². The Morgan fingerprint density at radius 3 is 2.32 bits per heavy atom. The van der Waals surface area contributed by atoms with Gasteiger partial charge in [-0.15, -0.1) is 0 Å². The Labute approximate surface area is 372 Å². The molecular weight excluding hydrogens is 800 g/mol. The van der Waals surface area contributed by atoms with E-state index in [2.05, 4.69) is 78.9 Å². The highest BCUT2D eigenvalue weighted by atomic mass is 35.5. The number of halogens is 1. The van der Waals surface area contributed by atoms with Crippen LogP contribution in [0.15, 0.2) is 66.9 Å². The number of ether oxygens (including phenoxy) is 2. The molecule has 62 heavy (non-hydrogen) atoms. The lowest BCUT2D eigenvalue weighted by molar-refractivity contribution is -0.174. The lowest BCUT2D eigenvalue weighted by atomic mass is 9.49. The Hall–Kier alpha value is -4.44. The second-order valence-electron chi connectivity index (χ2n) is 20.1. The molecule has 0 radical (unpaired) electrons. The molecular formula is C50H63ClN6O5. The van der Waals surface area contributed by atoms with Crippen LogP contribution in [0.5, 0.6) is 17.2 Å². The maximum Gasteiger partial charge on any atom is 0.244 e. The molecule has 1 aliphatic carbocycles. The van der Waals surface area contributed by atoms with E-state index in [4.69, 9.17) is 21.1 Å². The summed E-state index contributed by atoms with van der Waals surface area (Å²) in [6.07, 6.45) is 7.76. The van der Waals surface area contributed by atoms with E-state index in [-0.39, 0.29) is 52.8 Å². The van der Waals surface area contributed by atoms with Crippen molar-refractivity contribution in [2.24, 2.45) is 22.7 Å². The number of nitriles is 1. The molecule has 11 nitrogen and oxygen atoms in total. The van der Waals surface area contributed by atoms with E-state index < -0.39 is 5.60 Å². The Morgan fingerprint density at radius 1 is 0.968 bits per heavy atom. The average molecular weight is 864 g/mol. The number of nitrogens with one attached hydrogen (secondary N) is 3. The number of carbonyl (C=O) groups excluding carboxylic acids is 2. The molecule has 3 saturated heterocycles. The van der Waals surface area contributed by atoms with Crippen molar-refractivity contribution in [2.75, 3.05) is 33.2 Å². The van der Waals surface area contributed by atoms with Gasteiger partial charge in [0.2, 0.25) is 11.8 Å². The van der Waals surface area contributed by atoms with E-state index in [0.29, 0.717) is 34.0 Å². The fraction of sp³-hybridized carbons (Fsp3) is 0.540. The Morgan fingerprint density at radius 2 is 1.68 bits per heavy atom. The summed E-state index contributed by atoms with van der Waals surface area (Å²) in [4.78, 5) is 30.9. The van der Waals surface area contributed by atoms with Crippen LogP contribution in [-0.2, 0) is 21.6 Å². The van der Waals surface area contributed by atoms with Gasteiger partial charge >= 0.3 is 0 Å². The molecule has 4 fully saturated rings. The molecule has 0 bridgehead atoms. The largest absolute Gasteiger partial charge is 0.489 e. The van der Waals surface area contributed by atoms with E-state index in [1.807, 2.05) is 24.4 Å². The maximum absolute atomic E-state index is 13.6. The average Bonchev–Trinajstić information content (AvgIpc) is 3.75. The molecule has 0 aromatic heterocycles. The first-order chi connectivity index (χ1) is 29.4. The fourth-order valence-electron chi connectivity index (χ4n) is 11.3. The van der Waals surface area contributed by atoms with E-state index in [1.165, 1.54) is 5.56 Å². The number of carbonyl (C=O) groups is 2. The van der Waals surface area contributed by atoms with Crippen LogP contribution < -0.4 is 25.4 Å². The molecule has 0 spiro atoms. The van der Waals surface area contributed by atoms with Crippen molar-refractivity contribution in [1.29, 1.82) is 5.26 Å². The summed E-state index contributed by atoms with van der Waals surface area (Å²) < 4.78 is 13.0. The number of fused-ring (bicyclic) bond motifs is 1. The van der Waals surface area contributed by atoms with Crippen LogP contribution in [0.4, 0.5) is 0 Å². The third kappa shape index (κ3) is 8.74. The molecule has 3 aromatic rings. The van der Waals surface area contributed by atoms with Gasteiger partial charge < -0.3 is 35.4 Å². The highest BCUT2D eigenvalue weighted by Gasteiger charge is 2.64. The molecule has 3 aromatic carbocycles. The van der Waals surface area contributed by atoms with E-state index in [1.54, 1.807) is 44.0 Å².